The Balaban J connectivity index is 1.86. The maximum absolute atomic E-state index is 12.2. The van der Waals surface area contributed by atoms with Crippen molar-refractivity contribution in [1.29, 1.82) is 0 Å². The highest BCUT2D eigenvalue weighted by Crippen LogP contribution is 2.26. The van der Waals surface area contributed by atoms with E-state index in [0.29, 0.717) is 20.3 Å². The third kappa shape index (κ3) is 2.85. The summed E-state index contributed by atoms with van der Waals surface area (Å²) in [5.41, 5.74) is -0.0755. The van der Waals surface area contributed by atoms with Gasteiger partial charge in [-0.15, -0.1) is 22.7 Å². The van der Waals surface area contributed by atoms with Crippen LogP contribution in [0, 0.1) is 0 Å². The second-order valence-electron chi connectivity index (χ2n) is 4.21. The van der Waals surface area contributed by atoms with Crippen LogP contribution >= 0.6 is 50.4 Å². The van der Waals surface area contributed by atoms with E-state index in [2.05, 4.69) is 20.9 Å². The number of Topliss-reactive ketones (excluding diaryl/α,β-unsaturated/α-hetero) is 1. The number of nitrogens with zero attached hydrogens (tertiary/aromatic N) is 2. The normalized spacial score (nSPS) is 11.1. The van der Waals surface area contributed by atoms with Gasteiger partial charge in [-0.3, -0.25) is 14.2 Å². The van der Waals surface area contributed by atoms with Gasteiger partial charge in [-0.25, -0.2) is 4.98 Å². The summed E-state index contributed by atoms with van der Waals surface area (Å²) in [6.45, 7) is 0. The fourth-order valence-electron chi connectivity index (χ4n) is 1.80. The SMILES string of the molecule is Cn1c(SCC(=O)c2sccc2Br)nc2sccc2c1=O. The molecule has 0 spiro atoms. The molecular formula is C13H9BrN2O2S3. The van der Waals surface area contributed by atoms with E-state index in [0.717, 1.165) is 4.47 Å². The van der Waals surface area contributed by atoms with Gasteiger partial charge in [0.05, 0.1) is 16.0 Å². The van der Waals surface area contributed by atoms with E-state index >= 15 is 0 Å². The van der Waals surface area contributed by atoms with Crippen molar-refractivity contribution in [2.75, 3.05) is 5.75 Å². The van der Waals surface area contributed by atoms with Gasteiger partial charge in [0.15, 0.2) is 10.9 Å². The minimum atomic E-state index is -0.0755. The summed E-state index contributed by atoms with van der Waals surface area (Å²) in [6.07, 6.45) is 0. The van der Waals surface area contributed by atoms with E-state index < -0.39 is 0 Å². The zero-order valence-electron chi connectivity index (χ0n) is 10.8. The first-order valence-corrected chi connectivity index (χ1v) is 9.45. The van der Waals surface area contributed by atoms with Crippen LogP contribution in [-0.2, 0) is 7.05 Å². The molecule has 8 heteroatoms. The molecule has 0 unspecified atom stereocenters. The van der Waals surface area contributed by atoms with Crippen molar-refractivity contribution in [2.45, 2.75) is 5.16 Å². The van der Waals surface area contributed by atoms with Crippen LogP contribution in [0.3, 0.4) is 0 Å². The Morgan fingerprint density at radius 3 is 2.86 bits per heavy atom. The molecule has 0 radical (unpaired) electrons. The molecule has 21 heavy (non-hydrogen) atoms. The highest BCUT2D eigenvalue weighted by molar-refractivity contribution is 9.10. The maximum Gasteiger partial charge on any atom is 0.262 e. The highest BCUT2D eigenvalue weighted by atomic mass is 79.9. The molecule has 0 bridgehead atoms. The second kappa shape index (κ2) is 6.04. The van der Waals surface area contributed by atoms with Crippen molar-refractivity contribution in [3.8, 4) is 0 Å². The summed E-state index contributed by atoms with van der Waals surface area (Å²) in [4.78, 5) is 30.2. The smallest absolute Gasteiger partial charge is 0.262 e. The number of rotatable bonds is 4. The molecule has 0 aromatic carbocycles. The summed E-state index contributed by atoms with van der Waals surface area (Å²) in [7, 11) is 1.68. The Hall–Kier alpha value is -0.960. The van der Waals surface area contributed by atoms with Gasteiger partial charge >= 0.3 is 0 Å². The molecule has 3 heterocycles. The van der Waals surface area contributed by atoms with Crippen molar-refractivity contribution in [3.63, 3.8) is 0 Å². The lowest BCUT2D eigenvalue weighted by Gasteiger charge is -2.06. The van der Waals surface area contributed by atoms with Crippen LogP contribution in [0.1, 0.15) is 9.67 Å². The van der Waals surface area contributed by atoms with Crippen LogP contribution in [0.25, 0.3) is 10.2 Å². The van der Waals surface area contributed by atoms with Crippen LogP contribution in [0.15, 0.2) is 37.3 Å². The minimum absolute atomic E-state index is 0.0300. The van der Waals surface area contributed by atoms with Gasteiger partial charge in [0.2, 0.25) is 0 Å². The fraction of sp³-hybridized carbons (Fsp3) is 0.154. The molecule has 3 aromatic heterocycles. The Morgan fingerprint density at radius 1 is 1.38 bits per heavy atom. The van der Waals surface area contributed by atoms with Gasteiger partial charge in [-0.05, 0) is 38.8 Å². The number of thiophene rings is 2. The molecule has 0 saturated heterocycles. The Morgan fingerprint density at radius 2 is 2.14 bits per heavy atom. The largest absolute Gasteiger partial charge is 0.292 e. The highest BCUT2D eigenvalue weighted by Gasteiger charge is 2.15. The second-order valence-corrected chi connectivity index (χ2v) is 7.82. The molecule has 0 saturated carbocycles. The lowest BCUT2D eigenvalue weighted by molar-refractivity contribution is 0.102. The van der Waals surface area contributed by atoms with E-state index in [-0.39, 0.29) is 17.1 Å². The monoisotopic (exact) mass is 400 g/mol. The molecule has 0 aliphatic heterocycles. The van der Waals surface area contributed by atoms with Crippen LogP contribution < -0.4 is 5.56 Å². The van der Waals surface area contributed by atoms with Crippen molar-refractivity contribution in [3.05, 3.63) is 42.6 Å². The van der Waals surface area contributed by atoms with E-state index in [1.165, 1.54) is 39.0 Å². The van der Waals surface area contributed by atoms with Gasteiger partial charge in [-0.2, -0.15) is 0 Å². The van der Waals surface area contributed by atoms with Crippen LogP contribution in [0.5, 0.6) is 0 Å². The number of aromatic nitrogens is 2. The summed E-state index contributed by atoms with van der Waals surface area (Å²) >= 11 is 7.49. The molecule has 3 rings (SSSR count). The Kier molecular flexibility index (Phi) is 4.30. The average molecular weight is 401 g/mol. The number of carbonyl (C=O) groups excluding carboxylic acids is 1. The van der Waals surface area contributed by atoms with Crippen LogP contribution in [0.2, 0.25) is 0 Å². The lowest BCUT2D eigenvalue weighted by atomic mass is 10.3. The molecule has 108 valence electrons. The van der Waals surface area contributed by atoms with Gasteiger partial charge in [0.25, 0.3) is 5.56 Å². The van der Waals surface area contributed by atoms with Crippen molar-refractivity contribution in [1.82, 2.24) is 9.55 Å². The predicted octanol–water partition coefficient (Wildman–Crippen LogP) is 3.79. The van der Waals surface area contributed by atoms with Gasteiger partial charge in [0, 0.05) is 11.5 Å². The number of hydrogen-bond acceptors (Lipinski definition) is 6. The molecule has 3 aromatic rings. The number of ketones is 1. The first-order valence-electron chi connectivity index (χ1n) is 5.91. The summed E-state index contributed by atoms with van der Waals surface area (Å²) in [5, 5.41) is 4.91. The number of carbonyl (C=O) groups is 1. The first-order chi connectivity index (χ1) is 10.1. The van der Waals surface area contributed by atoms with Gasteiger partial charge in [0.1, 0.15) is 4.83 Å². The summed E-state index contributed by atoms with van der Waals surface area (Å²) in [5.74, 6) is 0.290. The van der Waals surface area contributed by atoms with E-state index in [1.54, 1.807) is 13.1 Å². The Labute approximate surface area is 141 Å². The molecule has 0 amide bonds. The quantitative estimate of drug-likeness (QED) is 0.379. The predicted molar refractivity (Wildman–Crippen MR) is 91.9 cm³/mol. The standard InChI is InChI=1S/C13H9BrN2O2S3/c1-16-12(18)7-2-4-20-11(7)15-13(16)21-6-9(17)10-8(14)3-5-19-10/h2-5H,6H2,1H3. The van der Waals surface area contributed by atoms with Gasteiger partial charge in [-0.1, -0.05) is 11.8 Å². The molecule has 0 fully saturated rings. The molecule has 0 atom stereocenters. The number of fused-ring (bicyclic) bond motifs is 1. The van der Waals surface area contributed by atoms with Crippen LogP contribution in [-0.4, -0.2) is 21.1 Å². The minimum Gasteiger partial charge on any atom is -0.292 e. The molecule has 0 aliphatic rings. The average Bonchev–Trinajstić information content (AvgIpc) is 3.09. The van der Waals surface area contributed by atoms with Gasteiger partial charge < -0.3 is 0 Å². The van der Waals surface area contributed by atoms with Crippen molar-refractivity contribution < 1.29 is 4.79 Å². The topological polar surface area (TPSA) is 52.0 Å². The Bertz CT molecular complexity index is 881. The molecule has 4 nitrogen and oxygen atoms in total. The summed E-state index contributed by atoms with van der Waals surface area (Å²) in [6, 6.07) is 3.63. The third-order valence-corrected chi connectivity index (χ3v) is 6.58. The van der Waals surface area contributed by atoms with E-state index in [4.69, 9.17) is 0 Å². The fourth-order valence-corrected chi connectivity index (χ4v) is 5.07. The van der Waals surface area contributed by atoms with Crippen molar-refractivity contribution in [2.24, 2.45) is 7.05 Å². The van der Waals surface area contributed by atoms with Crippen LogP contribution in [0.4, 0.5) is 0 Å². The lowest BCUT2D eigenvalue weighted by Crippen LogP contribution is -2.19. The number of thioether (sulfide) groups is 1. The summed E-state index contributed by atoms with van der Waals surface area (Å²) < 4.78 is 2.31. The zero-order valence-corrected chi connectivity index (χ0v) is 14.9. The number of hydrogen-bond donors (Lipinski definition) is 0. The molecule has 0 N–H and O–H groups in total. The molecule has 0 aliphatic carbocycles. The maximum atomic E-state index is 12.2. The van der Waals surface area contributed by atoms with Crippen molar-refractivity contribution >= 4 is 66.4 Å². The molecular weight excluding hydrogens is 392 g/mol. The number of halogens is 1. The zero-order chi connectivity index (χ0) is 15.0. The first kappa shape index (κ1) is 15.0. The van der Waals surface area contributed by atoms with E-state index in [1.807, 2.05) is 16.8 Å². The van der Waals surface area contributed by atoms with E-state index in [9.17, 15) is 9.59 Å². The third-order valence-electron chi connectivity index (χ3n) is 2.87.